The van der Waals surface area contributed by atoms with Gasteiger partial charge in [-0.15, -0.1) is 0 Å². The smallest absolute Gasteiger partial charge is 0.0451 e. The number of rotatable bonds is 4. The second kappa shape index (κ2) is 6.93. The first-order valence-electron chi connectivity index (χ1n) is 7.65. The van der Waals surface area contributed by atoms with Gasteiger partial charge in [-0.25, -0.2) is 0 Å². The lowest BCUT2D eigenvalue weighted by Gasteiger charge is -2.39. The van der Waals surface area contributed by atoms with E-state index in [-0.39, 0.29) is 0 Å². The first kappa shape index (κ1) is 15.8. The molecule has 1 aliphatic rings. The molecular weight excluding hydrogens is 268 g/mol. The minimum atomic E-state index is 0.336. The molecule has 2 nitrogen and oxygen atoms in total. The molecule has 1 aromatic rings. The van der Waals surface area contributed by atoms with Crippen LogP contribution in [0, 0.1) is 17.8 Å². The third-order valence-electron chi connectivity index (χ3n) is 4.65. The topological polar surface area (TPSA) is 29.3 Å². The predicted molar refractivity (Wildman–Crippen MR) is 86.8 cm³/mol. The molecule has 3 heteroatoms. The molecule has 1 saturated carbocycles. The summed E-state index contributed by atoms with van der Waals surface area (Å²) in [5, 5.41) is 0.856. The molecule has 2 rings (SSSR count). The highest BCUT2D eigenvalue weighted by molar-refractivity contribution is 6.31. The van der Waals surface area contributed by atoms with Gasteiger partial charge in [0.05, 0.1) is 0 Å². The zero-order chi connectivity index (χ0) is 14.7. The zero-order valence-electron chi connectivity index (χ0n) is 12.8. The van der Waals surface area contributed by atoms with Gasteiger partial charge in [-0.2, -0.15) is 0 Å². The second-order valence-electron chi connectivity index (χ2n) is 6.67. The van der Waals surface area contributed by atoms with Crippen LogP contribution >= 0.6 is 11.6 Å². The fourth-order valence-electron chi connectivity index (χ4n) is 3.62. The van der Waals surface area contributed by atoms with E-state index in [1.54, 1.807) is 0 Å². The van der Waals surface area contributed by atoms with Crippen LogP contribution in [-0.2, 0) is 6.54 Å². The molecule has 0 spiro atoms. The molecule has 4 atom stereocenters. The Labute approximate surface area is 128 Å². The molecule has 0 heterocycles. The summed E-state index contributed by atoms with van der Waals surface area (Å²) in [7, 11) is 2.17. The molecule has 112 valence electrons. The van der Waals surface area contributed by atoms with Crippen LogP contribution in [0.4, 0.5) is 0 Å². The Bertz CT molecular complexity index is 423. The molecule has 4 unspecified atom stereocenters. The van der Waals surface area contributed by atoms with E-state index in [1.165, 1.54) is 12.0 Å². The van der Waals surface area contributed by atoms with Crippen LogP contribution in [0.5, 0.6) is 0 Å². The van der Waals surface area contributed by atoms with Gasteiger partial charge in [-0.05, 0) is 49.3 Å². The Balaban J connectivity index is 1.94. The maximum atomic E-state index is 6.38. The highest BCUT2D eigenvalue weighted by atomic mass is 35.5. The number of benzene rings is 1. The van der Waals surface area contributed by atoms with E-state index >= 15 is 0 Å². The summed E-state index contributed by atoms with van der Waals surface area (Å²) in [6, 6.07) is 8.42. The van der Waals surface area contributed by atoms with Gasteiger partial charge in [0.25, 0.3) is 0 Å². The minimum Gasteiger partial charge on any atom is -0.327 e. The molecule has 1 aromatic carbocycles. The molecule has 0 aromatic heterocycles. The maximum absolute atomic E-state index is 6.38. The van der Waals surface area contributed by atoms with Gasteiger partial charge in [-0.1, -0.05) is 43.6 Å². The number of hydrogen-bond donors (Lipinski definition) is 1. The SMILES string of the molecule is CC1CC(C)C(CN(C)Cc2ccccc2Cl)C(N)C1. The van der Waals surface area contributed by atoms with Crippen LogP contribution in [-0.4, -0.2) is 24.5 Å². The average molecular weight is 295 g/mol. The first-order chi connectivity index (χ1) is 9.47. The van der Waals surface area contributed by atoms with Crippen LogP contribution in [0.15, 0.2) is 24.3 Å². The van der Waals surface area contributed by atoms with E-state index in [9.17, 15) is 0 Å². The Morgan fingerprint density at radius 2 is 1.95 bits per heavy atom. The largest absolute Gasteiger partial charge is 0.327 e. The van der Waals surface area contributed by atoms with Crippen molar-refractivity contribution >= 4 is 11.6 Å². The fraction of sp³-hybridized carbons (Fsp3) is 0.647. The lowest BCUT2D eigenvalue weighted by Crippen LogP contribution is -2.45. The van der Waals surface area contributed by atoms with Gasteiger partial charge in [0.15, 0.2) is 0 Å². The number of hydrogen-bond acceptors (Lipinski definition) is 2. The summed E-state index contributed by atoms with van der Waals surface area (Å²) < 4.78 is 0. The second-order valence-corrected chi connectivity index (χ2v) is 7.08. The van der Waals surface area contributed by atoms with E-state index in [0.717, 1.165) is 30.5 Å². The Hall–Kier alpha value is -0.570. The molecule has 0 radical (unpaired) electrons. The van der Waals surface area contributed by atoms with E-state index in [1.807, 2.05) is 18.2 Å². The minimum absolute atomic E-state index is 0.336. The van der Waals surface area contributed by atoms with Crippen LogP contribution < -0.4 is 5.73 Å². The Kier molecular flexibility index (Phi) is 5.48. The highest BCUT2D eigenvalue weighted by Crippen LogP contribution is 2.33. The zero-order valence-corrected chi connectivity index (χ0v) is 13.6. The predicted octanol–water partition coefficient (Wildman–Crippen LogP) is 3.78. The average Bonchev–Trinajstić information content (AvgIpc) is 2.36. The Morgan fingerprint density at radius 3 is 2.60 bits per heavy atom. The van der Waals surface area contributed by atoms with Crippen molar-refractivity contribution in [3.63, 3.8) is 0 Å². The first-order valence-corrected chi connectivity index (χ1v) is 8.02. The monoisotopic (exact) mass is 294 g/mol. The molecule has 0 saturated heterocycles. The molecule has 1 fully saturated rings. The summed E-state index contributed by atoms with van der Waals surface area (Å²) in [5.74, 6) is 2.08. The van der Waals surface area contributed by atoms with Crippen molar-refractivity contribution in [2.24, 2.45) is 23.5 Å². The van der Waals surface area contributed by atoms with Crippen LogP contribution in [0.2, 0.25) is 5.02 Å². The van der Waals surface area contributed by atoms with E-state index < -0.39 is 0 Å². The van der Waals surface area contributed by atoms with E-state index in [0.29, 0.717) is 17.9 Å². The van der Waals surface area contributed by atoms with Crippen LogP contribution in [0.3, 0.4) is 0 Å². The number of nitrogens with zero attached hydrogens (tertiary/aromatic N) is 1. The molecule has 1 aliphatic carbocycles. The lowest BCUT2D eigenvalue weighted by atomic mass is 9.72. The van der Waals surface area contributed by atoms with Crippen molar-refractivity contribution in [2.45, 2.75) is 39.3 Å². The third-order valence-corrected chi connectivity index (χ3v) is 5.02. The number of nitrogens with two attached hydrogens (primary N) is 1. The summed E-state index contributed by atoms with van der Waals surface area (Å²) in [5.41, 5.74) is 7.58. The third kappa shape index (κ3) is 3.97. The number of halogens is 1. The van der Waals surface area contributed by atoms with Gasteiger partial charge in [0, 0.05) is 24.2 Å². The van der Waals surface area contributed by atoms with Crippen molar-refractivity contribution in [2.75, 3.05) is 13.6 Å². The van der Waals surface area contributed by atoms with E-state index in [2.05, 4.69) is 31.9 Å². The summed E-state index contributed by atoms with van der Waals surface area (Å²) in [6.45, 7) is 6.62. The van der Waals surface area contributed by atoms with Crippen molar-refractivity contribution in [3.8, 4) is 0 Å². The van der Waals surface area contributed by atoms with Gasteiger partial charge >= 0.3 is 0 Å². The quantitative estimate of drug-likeness (QED) is 0.915. The van der Waals surface area contributed by atoms with Gasteiger partial charge in [-0.3, -0.25) is 0 Å². The van der Waals surface area contributed by atoms with Gasteiger partial charge in [0.1, 0.15) is 0 Å². The summed E-state index contributed by atoms with van der Waals surface area (Å²) >= 11 is 6.24. The summed E-state index contributed by atoms with van der Waals surface area (Å²) in [4.78, 5) is 2.36. The van der Waals surface area contributed by atoms with Crippen molar-refractivity contribution < 1.29 is 0 Å². The van der Waals surface area contributed by atoms with Crippen LogP contribution in [0.25, 0.3) is 0 Å². The molecular formula is C17H27ClN2. The van der Waals surface area contributed by atoms with Gasteiger partial charge < -0.3 is 10.6 Å². The molecule has 0 bridgehead atoms. The molecule has 0 aliphatic heterocycles. The van der Waals surface area contributed by atoms with Crippen LogP contribution in [0.1, 0.15) is 32.3 Å². The van der Waals surface area contributed by atoms with Gasteiger partial charge in [0.2, 0.25) is 0 Å². The fourth-order valence-corrected chi connectivity index (χ4v) is 3.82. The standard InChI is InChI=1S/C17H27ClN2/c1-12-8-13(2)15(17(19)9-12)11-20(3)10-14-6-4-5-7-16(14)18/h4-7,12-13,15,17H,8-11,19H2,1-3H3. The summed E-state index contributed by atoms with van der Waals surface area (Å²) in [6.07, 6.45) is 2.47. The molecule has 2 N–H and O–H groups in total. The van der Waals surface area contributed by atoms with Crippen molar-refractivity contribution in [3.05, 3.63) is 34.9 Å². The van der Waals surface area contributed by atoms with Crippen molar-refractivity contribution in [1.29, 1.82) is 0 Å². The molecule has 0 amide bonds. The van der Waals surface area contributed by atoms with Crippen molar-refractivity contribution in [1.82, 2.24) is 4.90 Å². The highest BCUT2D eigenvalue weighted by Gasteiger charge is 2.32. The molecule has 20 heavy (non-hydrogen) atoms. The maximum Gasteiger partial charge on any atom is 0.0451 e. The normalized spacial score (nSPS) is 30.7. The lowest BCUT2D eigenvalue weighted by molar-refractivity contribution is 0.127. The van der Waals surface area contributed by atoms with E-state index in [4.69, 9.17) is 17.3 Å². The Morgan fingerprint density at radius 1 is 1.25 bits per heavy atom.